The monoisotopic (exact) mass is 476 g/mol. The number of hydrogen-bond donors (Lipinski definition) is 1. The Morgan fingerprint density at radius 2 is 2.07 bits per heavy atom. The molecule has 1 aromatic rings. The Bertz CT molecular complexity index is 860. The van der Waals surface area contributed by atoms with Gasteiger partial charge in [0.2, 0.25) is 5.91 Å². The lowest BCUT2D eigenvalue weighted by molar-refractivity contribution is -0.148. The van der Waals surface area contributed by atoms with Gasteiger partial charge in [0.15, 0.2) is 0 Å². The fourth-order valence-corrected chi connectivity index (χ4v) is 4.87. The van der Waals surface area contributed by atoms with Gasteiger partial charge in [-0.25, -0.2) is 0 Å². The second-order valence-electron chi connectivity index (χ2n) is 7.64. The highest BCUT2D eigenvalue weighted by Gasteiger charge is 2.50. The lowest BCUT2D eigenvalue weighted by atomic mass is 9.85. The van der Waals surface area contributed by atoms with Gasteiger partial charge in [-0.3, -0.25) is 13.9 Å². The van der Waals surface area contributed by atoms with Gasteiger partial charge in [0, 0.05) is 29.7 Å². The Kier molecular flexibility index (Phi) is 6.07. The van der Waals surface area contributed by atoms with Crippen LogP contribution in [0.5, 0.6) is 5.75 Å². The second-order valence-corrected chi connectivity index (χ2v) is 10.2. The van der Waals surface area contributed by atoms with Crippen molar-refractivity contribution in [1.29, 1.82) is 0 Å². The van der Waals surface area contributed by atoms with Crippen molar-refractivity contribution in [3.05, 3.63) is 28.2 Å². The lowest BCUT2D eigenvalue weighted by Crippen LogP contribution is -2.60. The molecule has 1 N–H and O–H groups in total. The molecule has 0 radical (unpaired) electrons. The fourth-order valence-electron chi connectivity index (χ4n) is 3.78. The summed E-state index contributed by atoms with van der Waals surface area (Å²) in [5.74, 6) is 0.451. The summed E-state index contributed by atoms with van der Waals surface area (Å²) >= 11 is 3.44. The molecule has 2 heterocycles. The number of nitrogens with zero attached hydrogens (tertiary/aromatic N) is 2. The summed E-state index contributed by atoms with van der Waals surface area (Å²) < 4.78 is 36.3. The highest BCUT2D eigenvalue weighted by molar-refractivity contribution is 9.10. The molecule has 0 spiro atoms. The van der Waals surface area contributed by atoms with E-state index in [-0.39, 0.29) is 19.1 Å². The van der Waals surface area contributed by atoms with Gasteiger partial charge in [0.25, 0.3) is 10.1 Å². The summed E-state index contributed by atoms with van der Waals surface area (Å²) in [6.07, 6.45) is 0.0926. The maximum atomic E-state index is 12.9. The topological polar surface area (TPSA) is 96.4 Å². The second kappa shape index (κ2) is 7.91. The largest absolute Gasteiger partial charge is 0.485 e. The fraction of sp³-hybridized carbons (Fsp3) is 0.611. The van der Waals surface area contributed by atoms with E-state index in [0.29, 0.717) is 30.9 Å². The Hall–Kier alpha value is -1.20. The summed E-state index contributed by atoms with van der Waals surface area (Å²) in [5.41, 5.74) is -0.275. The Balaban J connectivity index is 2.05. The van der Waals surface area contributed by atoms with Gasteiger partial charge in [-0.2, -0.15) is 8.42 Å². The molecule has 28 heavy (non-hydrogen) atoms. The SMILES string of the molecule is CC1(C)Oc2ccc(Br)cc2[C@@H](N2CCN(CCO)CC2=O)[C@@H]1OS(C)(=O)=O. The first-order chi connectivity index (χ1) is 13.0. The Morgan fingerprint density at radius 1 is 1.36 bits per heavy atom. The van der Waals surface area contributed by atoms with Gasteiger partial charge in [0.1, 0.15) is 17.5 Å². The highest BCUT2D eigenvalue weighted by atomic mass is 79.9. The van der Waals surface area contributed by atoms with Crippen LogP contribution < -0.4 is 4.74 Å². The number of halogens is 1. The summed E-state index contributed by atoms with van der Waals surface area (Å²) in [6.45, 7) is 5.06. The first-order valence-electron chi connectivity index (χ1n) is 9.01. The van der Waals surface area contributed by atoms with E-state index in [1.807, 2.05) is 17.0 Å². The van der Waals surface area contributed by atoms with Crippen LogP contribution in [0.15, 0.2) is 22.7 Å². The van der Waals surface area contributed by atoms with E-state index in [2.05, 4.69) is 15.9 Å². The lowest BCUT2D eigenvalue weighted by Gasteiger charge is -2.49. The predicted molar refractivity (Wildman–Crippen MR) is 107 cm³/mol. The Labute approximate surface area is 173 Å². The highest BCUT2D eigenvalue weighted by Crippen LogP contribution is 2.46. The van der Waals surface area contributed by atoms with Crippen LogP contribution in [-0.4, -0.2) is 80.0 Å². The number of carbonyl (C=O) groups is 1. The molecular weight excluding hydrogens is 452 g/mol. The Morgan fingerprint density at radius 3 is 2.68 bits per heavy atom. The van der Waals surface area contributed by atoms with Gasteiger partial charge >= 0.3 is 0 Å². The van der Waals surface area contributed by atoms with Crippen molar-refractivity contribution in [1.82, 2.24) is 9.80 Å². The number of benzene rings is 1. The third kappa shape index (κ3) is 4.51. The molecule has 10 heteroatoms. The van der Waals surface area contributed by atoms with E-state index in [1.165, 1.54) is 0 Å². The van der Waals surface area contributed by atoms with Crippen molar-refractivity contribution >= 4 is 32.0 Å². The molecule has 2 aliphatic rings. The standard InChI is InChI=1S/C18H25BrN2O6S/c1-18(2)17(27-28(3,24)25)16(13-10-12(19)4-5-14(13)26-18)21-7-6-20(8-9-22)11-15(21)23/h4-5,10,16-17,22H,6-9,11H2,1-3H3/t16-,17+/m1/s1. The minimum absolute atomic E-state index is 0.0207. The molecule has 156 valence electrons. The third-order valence-corrected chi connectivity index (χ3v) is 6.05. The van der Waals surface area contributed by atoms with Crippen LogP contribution in [0.4, 0.5) is 0 Å². The first kappa shape index (κ1) is 21.5. The molecule has 0 saturated carbocycles. The number of β-amino-alcohol motifs (C(OH)–C–C–N with tert-alkyl or cyclic N) is 1. The first-order valence-corrected chi connectivity index (χ1v) is 11.6. The average Bonchev–Trinajstić information content (AvgIpc) is 2.56. The zero-order chi connectivity index (χ0) is 20.7. The van der Waals surface area contributed by atoms with Crippen molar-refractivity contribution in [2.45, 2.75) is 31.6 Å². The maximum Gasteiger partial charge on any atom is 0.264 e. The van der Waals surface area contributed by atoms with E-state index in [9.17, 15) is 13.2 Å². The summed E-state index contributed by atoms with van der Waals surface area (Å²) in [5, 5.41) is 9.14. The molecule has 0 unspecified atom stereocenters. The number of piperazine rings is 1. The van der Waals surface area contributed by atoms with Gasteiger partial charge in [0.05, 0.1) is 25.4 Å². The molecule has 1 aromatic carbocycles. The molecule has 1 saturated heterocycles. The van der Waals surface area contributed by atoms with Crippen molar-refractivity contribution < 1.29 is 27.2 Å². The third-order valence-electron chi connectivity index (χ3n) is 5.00. The molecule has 3 rings (SSSR count). The summed E-state index contributed by atoms with van der Waals surface area (Å²) in [7, 11) is -3.79. The molecule has 2 aliphatic heterocycles. The van der Waals surface area contributed by atoms with Crippen LogP contribution in [0.1, 0.15) is 25.5 Å². The van der Waals surface area contributed by atoms with Crippen LogP contribution in [0.25, 0.3) is 0 Å². The van der Waals surface area contributed by atoms with E-state index >= 15 is 0 Å². The van der Waals surface area contributed by atoms with Gasteiger partial charge in [-0.05, 0) is 32.0 Å². The van der Waals surface area contributed by atoms with Crippen LogP contribution in [0, 0.1) is 0 Å². The number of aliphatic hydroxyl groups is 1. The number of aliphatic hydroxyl groups excluding tert-OH is 1. The number of fused-ring (bicyclic) bond motifs is 1. The van der Waals surface area contributed by atoms with Crippen LogP contribution >= 0.6 is 15.9 Å². The van der Waals surface area contributed by atoms with Gasteiger partial charge in [-0.1, -0.05) is 15.9 Å². The predicted octanol–water partition coefficient (Wildman–Crippen LogP) is 1.14. The summed E-state index contributed by atoms with van der Waals surface area (Å²) in [6, 6.07) is 4.86. The van der Waals surface area contributed by atoms with Crippen molar-refractivity contribution in [2.75, 3.05) is 39.0 Å². The molecular formula is C18H25BrN2O6S. The minimum Gasteiger partial charge on any atom is -0.485 e. The minimum atomic E-state index is -3.79. The zero-order valence-electron chi connectivity index (χ0n) is 16.1. The molecule has 1 fully saturated rings. The van der Waals surface area contributed by atoms with E-state index in [0.717, 1.165) is 10.7 Å². The van der Waals surface area contributed by atoms with Crippen molar-refractivity contribution in [2.24, 2.45) is 0 Å². The van der Waals surface area contributed by atoms with Gasteiger partial charge in [-0.15, -0.1) is 0 Å². The number of rotatable bonds is 5. The molecule has 0 bridgehead atoms. The maximum absolute atomic E-state index is 12.9. The number of amides is 1. The quantitative estimate of drug-likeness (QED) is 0.636. The molecule has 2 atom stereocenters. The van der Waals surface area contributed by atoms with Crippen LogP contribution in [0.3, 0.4) is 0 Å². The number of hydrogen-bond acceptors (Lipinski definition) is 7. The van der Waals surface area contributed by atoms with E-state index in [1.54, 1.807) is 24.8 Å². The van der Waals surface area contributed by atoms with E-state index < -0.39 is 27.9 Å². The smallest absolute Gasteiger partial charge is 0.264 e. The summed E-state index contributed by atoms with van der Waals surface area (Å²) in [4.78, 5) is 16.5. The number of ether oxygens (including phenoxy) is 1. The average molecular weight is 477 g/mol. The molecule has 0 aliphatic carbocycles. The van der Waals surface area contributed by atoms with Crippen LogP contribution in [0.2, 0.25) is 0 Å². The number of carbonyl (C=O) groups excluding carboxylic acids is 1. The molecule has 0 aromatic heterocycles. The van der Waals surface area contributed by atoms with Gasteiger partial charge < -0.3 is 14.7 Å². The zero-order valence-corrected chi connectivity index (χ0v) is 18.5. The normalized spacial score (nSPS) is 25.3. The van der Waals surface area contributed by atoms with Crippen molar-refractivity contribution in [3.63, 3.8) is 0 Å². The van der Waals surface area contributed by atoms with Crippen molar-refractivity contribution in [3.8, 4) is 5.75 Å². The van der Waals surface area contributed by atoms with Crippen LogP contribution in [-0.2, 0) is 19.1 Å². The van der Waals surface area contributed by atoms with E-state index in [4.69, 9.17) is 14.0 Å². The molecule has 8 nitrogen and oxygen atoms in total. The molecule has 1 amide bonds.